The molecule has 1 N–H and O–H groups in total. The Morgan fingerprint density at radius 1 is 1.39 bits per heavy atom. The Hall–Kier alpha value is -1.78. The van der Waals surface area contributed by atoms with E-state index in [1.807, 2.05) is 20.8 Å². The molecule has 18 heavy (non-hydrogen) atoms. The molecule has 98 valence electrons. The predicted molar refractivity (Wildman–Crippen MR) is 65.2 cm³/mol. The summed E-state index contributed by atoms with van der Waals surface area (Å²) in [6.45, 7) is 5.67. The first-order valence-corrected chi connectivity index (χ1v) is 5.94. The number of ether oxygens (including phenoxy) is 2. The fourth-order valence-electron chi connectivity index (χ4n) is 1.46. The van der Waals surface area contributed by atoms with E-state index < -0.39 is 11.6 Å². The molecule has 0 aromatic carbocycles. The molecule has 0 unspecified atom stereocenters. The second-order valence-electron chi connectivity index (χ2n) is 5.35. The Kier molecular flexibility index (Phi) is 3.15. The van der Waals surface area contributed by atoms with Gasteiger partial charge in [0.1, 0.15) is 11.2 Å². The summed E-state index contributed by atoms with van der Waals surface area (Å²) in [6.07, 6.45) is 4.80. The van der Waals surface area contributed by atoms with E-state index in [-0.39, 0.29) is 17.4 Å². The zero-order valence-corrected chi connectivity index (χ0v) is 10.8. The van der Waals surface area contributed by atoms with Gasteiger partial charge in [0.2, 0.25) is 0 Å². The quantitative estimate of drug-likeness (QED) is 0.890. The molecule has 5 heteroatoms. The molecular weight excluding hydrogens is 234 g/mol. The van der Waals surface area contributed by atoms with Gasteiger partial charge in [0.25, 0.3) is 0 Å². The molecule has 1 aromatic rings. The van der Waals surface area contributed by atoms with Crippen molar-refractivity contribution in [3.63, 3.8) is 0 Å². The van der Waals surface area contributed by atoms with Crippen LogP contribution in [0.1, 0.15) is 44.0 Å². The van der Waals surface area contributed by atoms with E-state index in [1.54, 1.807) is 0 Å². The van der Waals surface area contributed by atoms with E-state index in [4.69, 9.17) is 14.6 Å². The highest BCUT2D eigenvalue weighted by Gasteiger charge is 2.29. The van der Waals surface area contributed by atoms with Gasteiger partial charge in [-0.05, 0) is 33.6 Å². The lowest BCUT2D eigenvalue weighted by Crippen LogP contribution is -2.24. The van der Waals surface area contributed by atoms with Gasteiger partial charge in [0, 0.05) is 6.20 Å². The Labute approximate surface area is 106 Å². The van der Waals surface area contributed by atoms with Crippen LogP contribution in [0.3, 0.4) is 0 Å². The maximum Gasteiger partial charge on any atom is 0.341 e. The molecule has 0 spiro atoms. The minimum absolute atomic E-state index is 0.0450. The highest BCUT2D eigenvalue weighted by molar-refractivity contribution is 5.91. The van der Waals surface area contributed by atoms with Gasteiger partial charge in [0.05, 0.1) is 12.3 Å². The molecule has 1 fully saturated rings. The summed E-state index contributed by atoms with van der Waals surface area (Å²) in [4.78, 5) is 15.1. The summed E-state index contributed by atoms with van der Waals surface area (Å²) in [6, 6.07) is 0. The van der Waals surface area contributed by atoms with Gasteiger partial charge < -0.3 is 14.6 Å². The summed E-state index contributed by atoms with van der Waals surface area (Å²) in [5.41, 5.74) is -0.385. The molecule has 0 saturated heterocycles. The van der Waals surface area contributed by atoms with Gasteiger partial charge in [-0.15, -0.1) is 0 Å². The van der Waals surface area contributed by atoms with E-state index in [2.05, 4.69) is 4.98 Å². The van der Waals surface area contributed by atoms with Gasteiger partial charge in [-0.25, -0.2) is 4.79 Å². The third-order valence-electron chi connectivity index (χ3n) is 2.32. The first-order valence-electron chi connectivity index (χ1n) is 5.94. The normalized spacial score (nSPS) is 15.3. The minimum Gasteiger partial charge on any atom is -0.485 e. The third kappa shape index (κ3) is 3.12. The predicted octanol–water partition coefficient (Wildman–Crippen LogP) is 2.50. The van der Waals surface area contributed by atoms with Crippen LogP contribution in [0.25, 0.3) is 0 Å². The average Bonchev–Trinajstić information content (AvgIpc) is 3.01. The highest BCUT2D eigenvalue weighted by atomic mass is 16.5. The van der Waals surface area contributed by atoms with Gasteiger partial charge in [-0.3, -0.25) is 4.98 Å². The summed E-state index contributed by atoms with van der Waals surface area (Å²) in [5, 5.41) is 9.15. The highest BCUT2D eigenvalue weighted by Crippen LogP contribution is 2.37. The number of carbonyl (C=O) groups is 1. The van der Waals surface area contributed by atoms with Crippen molar-refractivity contribution >= 4 is 5.97 Å². The van der Waals surface area contributed by atoms with Crippen LogP contribution in [0.5, 0.6) is 11.5 Å². The topological polar surface area (TPSA) is 68.7 Å². The number of nitrogens with zero attached hydrogens (tertiary/aromatic N) is 1. The Morgan fingerprint density at radius 3 is 2.56 bits per heavy atom. The van der Waals surface area contributed by atoms with Gasteiger partial charge in [-0.2, -0.15) is 0 Å². The smallest absolute Gasteiger partial charge is 0.341 e. The lowest BCUT2D eigenvalue weighted by Gasteiger charge is -2.23. The van der Waals surface area contributed by atoms with Crippen molar-refractivity contribution in [1.29, 1.82) is 0 Å². The SMILES string of the molecule is CC(C)(C)Oc1cncc(C(=O)O)c1OC1CC1. The number of aromatic carboxylic acids is 1. The van der Waals surface area contributed by atoms with Gasteiger partial charge in [-0.1, -0.05) is 0 Å². The fraction of sp³-hybridized carbons (Fsp3) is 0.538. The first kappa shape index (κ1) is 12.7. The zero-order chi connectivity index (χ0) is 13.3. The second-order valence-corrected chi connectivity index (χ2v) is 5.35. The minimum atomic E-state index is -1.06. The van der Waals surface area contributed by atoms with Crippen LogP contribution >= 0.6 is 0 Å². The zero-order valence-electron chi connectivity index (χ0n) is 10.8. The van der Waals surface area contributed by atoms with Crippen molar-refractivity contribution in [2.45, 2.75) is 45.3 Å². The number of hydrogen-bond acceptors (Lipinski definition) is 4. The molecule has 0 radical (unpaired) electrons. The third-order valence-corrected chi connectivity index (χ3v) is 2.32. The number of rotatable bonds is 4. The van der Waals surface area contributed by atoms with Crippen LogP contribution < -0.4 is 9.47 Å². The van der Waals surface area contributed by atoms with Crippen LogP contribution in [-0.2, 0) is 0 Å². The molecule has 0 atom stereocenters. The number of carboxylic acid groups (broad SMARTS) is 1. The number of hydrogen-bond donors (Lipinski definition) is 1. The van der Waals surface area contributed by atoms with Crippen molar-refractivity contribution in [3.8, 4) is 11.5 Å². The molecule has 1 aliphatic rings. The van der Waals surface area contributed by atoms with Crippen LogP contribution in [-0.4, -0.2) is 27.8 Å². The monoisotopic (exact) mass is 251 g/mol. The van der Waals surface area contributed by atoms with E-state index in [9.17, 15) is 4.79 Å². The molecule has 1 heterocycles. The molecule has 0 aliphatic heterocycles. The van der Waals surface area contributed by atoms with E-state index >= 15 is 0 Å². The van der Waals surface area contributed by atoms with Crippen molar-refractivity contribution in [1.82, 2.24) is 4.98 Å². The molecular formula is C13H17NO4. The number of carboxylic acids is 1. The Morgan fingerprint density at radius 2 is 2.06 bits per heavy atom. The van der Waals surface area contributed by atoms with Crippen LogP contribution in [0.4, 0.5) is 0 Å². The van der Waals surface area contributed by atoms with E-state index in [0.29, 0.717) is 5.75 Å². The molecule has 1 aliphatic carbocycles. The summed E-state index contributed by atoms with van der Waals surface area (Å²) in [5.74, 6) is -0.387. The standard InChI is InChI=1S/C13H17NO4/c1-13(2,3)18-10-7-14-6-9(12(15)16)11(10)17-8-4-5-8/h6-8H,4-5H2,1-3H3,(H,15,16). The largest absolute Gasteiger partial charge is 0.485 e. The summed E-state index contributed by atoms with van der Waals surface area (Å²) in [7, 11) is 0. The van der Waals surface area contributed by atoms with E-state index in [1.165, 1.54) is 12.4 Å². The van der Waals surface area contributed by atoms with Crippen LogP contribution in [0.15, 0.2) is 12.4 Å². The Balaban J connectivity index is 2.36. The lowest BCUT2D eigenvalue weighted by molar-refractivity contribution is 0.0685. The molecule has 2 rings (SSSR count). The van der Waals surface area contributed by atoms with Crippen molar-refractivity contribution < 1.29 is 19.4 Å². The Bertz CT molecular complexity index is 461. The van der Waals surface area contributed by atoms with Gasteiger partial charge in [0.15, 0.2) is 11.5 Å². The second kappa shape index (κ2) is 4.48. The average molecular weight is 251 g/mol. The van der Waals surface area contributed by atoms with Crippen molar-refractivity contribution in [2.75, 3.05) is 0 Å². The first-order chi connectivity index (χ1) is 8.37. The summed E-state index contributed by atoms with van der Waals surface area (Å²) < 4.78 is 11.4. The number of pyridine rings is 1. The van der Waals surface area contributed by atoms with Crippen molar-refractivity contribution in [3.05, 3.63) is 18.0 Å². The summed E-state index contributed by atoms with van der Waals surface area (Å²) >= 11 is 0. The maximum absolute atomic E-state index is 11.2. The number of aromatic nitrogens is 1. The fourth-order valence-corrected chi connectivity index (χ4v) is 1.46. The molecule has 1 saturated carbocycles. The van der Waals surface area contributed by atoms with Crippen LogP contribution in [0.2, 0.25) is 0 Å². The molecule has 0 bridgehead atoms. The van der Waals surface area contributed by atoms with Crippen LogP contribution in [0, 0.1) is 0 Å². The lowest BCUT2D eigenvalue weighted by atomic mass is 10.2. The molecule has 5 nitrogen and oxygen atoms in total. The van der Waals surface area contributed by atoms with Crippen molar-refractivity contribution in [2.24, 2.45) is 0 Å². The van der Waals surface area contributed by atoms with Gasteiger partial charge >= 0.3 is 5.97 Å². The molecule has 1 aromatic heterocycles. The maximum atomic E-state index is 11.2. The van der Waals surface area contributed by atoms with E-state index in [0.717, 1.165) is 12.8 Å². The molecule has 0 amide bonds.